The standard InChI is InChI=1S/C21H24BrN3O2S/c1-27-16-6-4-15(5-7-16)14-25-17-13-20(22)28-19(17)12-18(25)21(26)23-8-11-24-9-2-3-10-24/h4-7,12-13H,2-3,8-11,14H2,1H3,(H,23,26). The lowest BCUT2D eigenvalue weighted by molar-refractivity contribution is 0.0941. The fraction of sp³-hybridized carbons (Fsp3) is 0.381. The number of carbonyl (C=O) groups is 1. The molecule has 3 heterocycles. The zero-order valence-electron chi connectivity index (χ0n) is 15.9. The van der Waals surface area contributed by atoms with E-state index in [2.05, 4.69) is 36.8 Å². The van der Waals surface area contributed by atoms with Crippen LogP contribution in [-0.2, 0) is 6.54 Å². The average molecular weight is 462 g/mol. The van der Waals surface area contributed by atoms with Crippen LogP contribution in [0, 0.1) is 0 Å². The fourth-order valence-electron chi connectivity index (χ4n) is 3.71. The van der Waals surface area contributed by atoms with E-state index in [9.17, 15) is 4.79 Å². The average Bonchev–Trinajstić information content (AvgIpc) is 3.40. The van der Waals surface area contributed by atoms with Gasteiger partial charge in [-0.25, -0.2) is 0 Å². The van der Waals surface area contributed by atoms with Crippen molar-refractivity contribution in [2.75, 3.05) is 33.3 Å². The SMILES string of the molecule is COc1ccc(Cn2c(C(=O)NCCN3CCCC3)cc3sc(Br)cc32)cc1. The van der Waals surface area contributed by atoms with Gasteiger partial charge in [0.25, 0.3) is 5.91 Å². The van der Waals surface area contributed by atoms with Crippen LogP contribution in [0.25, 0.3) is 10.2 Å². The predicted molar refractivity (Wildman–Crippen MR) is 118 cm³/mol. The third-order valence-corrected chi connectivity index (χ3v) is 6.78. The second-order valence-corrected chi connectivity index (χ2v) is 9.53. The highest BCUT2D eigenvalue weighted by molar-refractivity contribution is 9.11. The fourth-order valence-corrected chi connectivity index (χ4v) is 5.27. The molecule has 0 unspecified atom stereocenters. The second-order valence-electron chi connectivity index (χ2n) is 7.07. The van der Waals surface area contributed by atoms with Gasteiger partial charge in [-0.2, -0.15) is 0 Å². The molecule has 0 aliphatic carbocycles. The van der Waals surface area contributed by atoms with Gasteiger partial charge in [-0.1, -0.05) is 12.1 Å². The van der Waals surface area contributed by atoms with Gasteiger partial charge >= 0.3 is 0 Å². The van der Waals surface area contributed by atoms with Crippen molar-refractivity contribution in [1.29, 1.82) is 0 Å². The highest BCUT2D eigenvalue weighted by Gasteiger charge is 2.18. The number of hydrogen-bond donors (Lipinski definition) is 1. The molecular weight excluding hydrogens is 438 g/mol. The topological polar surface area (TPSA) is 46.5 Å². The highest BCUT2D eigenvalue weighted by Crippen LogP contribution is 2.33. The number of aromatic nitrogens is 1. The molecule has 148 valence electrons. The number of nitrogens with zero attached hydrogens (tertiary/aromatic N) is 2. The van der Waals surface area contributed by atoms with Crippen LogP contribution in [0.1, 0.15) is 28.9 Å². The van der Waals surface area contributed by atoms with Gasteiger partial charge in [-0.05, 0) is 71.7 Å². The van der Waals surface area contributed by atoms with Crippen LogP contribution in [0.2, 0.25) is 0 Å². The van der Waals surface area contributed by atoms with E-state index >= 15 is 0 Å². The third kappa shape index (κ3) is 4.26. The number of thiophene rings is 1. The molecule has 1 fully saturated rings. The molecule has 28 heavy (non-hydrogen) atoms. The van der Waals surface area contributed by atoms with Crippen molar-refractivity contribution in [3.63, 3.8) is 0 Å². The van der Waals surface area contributed by atoms with E-state index in [1.807, 2.05) is 30.3 Å². The molecule has 0 radical (unpaired) electrons. The van der Waals surface area contributed by atoms with E-state index in [1.165, 1.54) is 12.8 Å². The maximum Gasteiger partial charge on any atom is 0.268 e. The normalized spacial score (nSPS) is 14.6. The van der Waals surface area contributed by atoms with Gasteiger partial charge in [0.2, 0.25) is 0 Å². The Morgan fingerprint density at radius 1 is 1.21 bits per heavy atom. The number of fused-ring (bicyclic) bond motifs is 1. The maximum absolute atomic E-state index is 12.9. The first kappa shape index (κ1) is 19.5. The van der Waals surface area contributed by atoms with Crippen LogP contribution in [0.3, 0.4) is 0 Å². The van der Waals surface area contributed by atoms with Gasteiger partial charge in [0.1, 0.15) is 11.4 Å². The number of methoxy groups -OCH3 is 1. The van der Waals surface area contributed by atoms with Crippen molar-refractivity contribution in [2.24, 2.45) is 0 Å². The predicted octanol–water partition coefficient (Wildman–Crippen LogP) is 4.35. The number of amides is 1. The van der Waals surface area contributed by atoms with E-state index in [-0.39, 0.29) is 5.91 Å². The highest BCUT2D eigenvalue weighted by atomic mass is 79.9. The van der Waals surface area contributed by atoms with E-state index in [1.54, 1.807) is 18.4 Å². The van der Waals surface area contributed by atoms with Gasteiger partial charge in [0.15, 0.2) is 0 Å². The molecule has 2 aromatic heterocycles. The largest absolute Gasteiger partial charge is 0.497 e. The van der Waals surface area contributed by atoms with Crippen molar-refractivity contribution in [2.45, 2.75) is 19.4 Å². The molecule has 4 rings (SSSR count). The Morgan fingerprint density at radius 3 is 2.68 bits per heavy atom. The minimum absolute atomic E-state index is 0.00719. The molecule has 0 atom stereocenters. The summed E-state index contributed by atoms with van der Waals surface area (Å²) >= 11 is 5.22. The molecular formula is C21H24BrN3O2S. The van der Waals surface area contributed by atoms with Gasteiger partial charge < -0.3 is 19.5 Å². The second kappa shape index (κ2) is 8.68. The number of likely N-dealkylation sites (tertiary alicyclic amines) is 1. The Kier molecular flexibility index (Phi) is 6.04. The van der Waals surface area contributed by atoms with Crippen LogP contribution >= 0.6 is 27.3 Å². The van der Waals surface area contributed by atoms with Gasteiger partial charge in [-0.15, -0.1) is 11.3 Å². The van der Waals surface area contributed by atoms with Crippen molar-refractivity contribution in [3.05, 3.63) is 51.4 Å². The zero-order valence-corrected chi connectivity index (χ0v) is 18.3. The number of rotatable bonds is 7. The van der Waals surface area contributed by atoms with Crippen molar-refractivity contribution >= 4 is 43.4 Å². The number of carbonyl (C=O) groups excluding carboxylic acids is 1. The molecule has 0 saturated carbocycles. The molecule has 0 spiro atoms. The monoisotopic (exact) mass is 461 g/mol. The third-order valence-electron chi connectivity index (χ3n) is 5.20. The lowest BCUT2D eigenvalue weighted by atomic mass is 10.2. The summed E-state index contributed by atoms with van der Waals surface area (Å²) in [4.78, 5) is 15.3. The Hall–Kier alpha value is -1.83. The summed E-state index contributed by atoms with van der Waals surface area (Å²) in [6, 6.07) is 12.1. The Labute approximate surface area is 177 Å². The van der Waals surface area contributed by atoms with E-state index in [0.29, 0.717) is 18.8 Å². The smallest absolute Gasteiger partial charge is 0.268 e. The molecule has 1 N–H and O–H groups in total. The molecule has 5 nitrogen and oxygen atoms in total. The molecule has 1 aromatic carbocycles. The van der Waals surface area contributed by atoms with Gasteiger partial charge in [0.05, 0.1) is 21.1 Å². The quantitative estimate of drug-likeness (QED) is 0.568. The van der Waals surface area contributed by atoms with E-state index < -0.39 is 0 Å². The zero-order chi connectivity index (χ0) is 19.5. The van der Waals surface area contributed by atoms with Crippen molar-refractivity contribution in [3.8, 4) is 5.75 Å². The summed E-state index contributed by atoms with van der Waals surface area (Å²) in [5.74, 6) is 0.826. The Morgan fingerprint density at radius 2 is 1.96 bits per heavy atom. The first-order valence-electron chi connectivity index (χ1n) is 9.56. The molecule has 3 aromatic rings. The molecule has 7 heteroatoms. The summed E-state index contributed by atoms with van der Waals surface area (Å²) in [6.07, 6.45) is 2.54. The Balaban J connectivity index is 1.53. The molecule has 1 aliphatic heterocycles. The summed E-state index contributed by atoms with van der Waals surface area (Å²) < 4.78 is 9.53. The van der Waals surface area contributed by atoms with Crippen LogP contribution in [0.5, 0.6) is 5.75 Å². The van der Waals surface area contributed by atoms with Crippen LogP contribution in [0.15, 0.2) is 40.2 Å². The summed E-state index contributed by atoms with van der Waals surface area (Å²) in [5.41, 5.74) is 2.93. The molecule has 1 saturated heterocycles. The Bertz CT molecular complexity index is 958. The lowest BCUT2D eigenvalue weighted by Crippen LogP contribution is -2.34. The number of ether oxygens (including phenoxy) is 1. The lowest BCUT2D eigenvalue weighted by Gasteiger charge is -2.15. The summed E-state index contributed by atoms with van der Waals surface area (Å²) in [7, 11) is 1.66. The first-order chi connectivity index (χ1) is 13.6. The molecule has 0 bridgehead atoms. The van der Waals surface area contributed by atoms with Crippen molar-refractivity contribution < 1.29 is 9.53 Å². The van der Waals surface area contributed by atoms with Crippen LogP contribution in [-0.4, -0.2) is 48.7 Å². The number of hydrogen-bond acceptors (Lipinski definition) is 4. The minimum atomic E-state index is -0.00719. The summed E-state index contributed by atoms with van der Waals surface area (Å²) in [5, 5.41) is 3.11. The number of benzene rings is 1. The van der Waals surface area contributed by atoms with E-state index in [4.69, 9.17) is 4.74 Å². The summed E-state index contributed by atoms with van der Waals surface area (Å²) in [6.45, 7) is 4.54. The number of nitrogens with one attached hydrogen (secondary N) is 1. The maximum atomic E-state index is 12.9. The van der Waals surface area contributed by atoms with Crippen LogP contribution < -0.4 is 10.1 Å². The van der Waals surface area contributed by atoms with Crippen LogP contribution in [0.4, 0.5) is 0 Å². The first-order valence-corrected chi connectivity index (χ1v) is 11.2. The minimum Gasteiger partial charge on any atom is -0.497 e. The van der Waals surface area contributed by atoms with Gasteiger partial charge in [-0.3, -0.25) is 4.79 Å². The van der Waals surface area contributed by atoms with Gasteiger partial charge in [0, 0.05) is 19.6 Å². The molecule has 1 aliphatic rings. The number of halogens is 1. The van der Waals surface area contributed by atoms with E-state index in [0.717, 1.165) is 45.0 Å². The molecule has 1 amide bonds. The van der Waals surface area contributed by atoms with Crippen molar-refractivity contribution in [1.82, 2.24) is 14.8 Å².